The molecule has 23 heavy (non-hydrogen) atoms. The normalized spacial score (nSPS) is 10.7. The van der Waals surface area contributed by atoms with Crippen molar-refractivity contribution < 1.29 is 4.79 Å². The lowest BCUT2D eigenvalue weighted by Crippen LogP contribution is -2.28. The predicted molar refractivity (Wildman–Crippen MR) is 89.8 cm³/mol. The van der Waals surface area contributed by atoms with E-state index in [0.717, 1.165) is 11.3 Å². The zero-order valence-corrected chi connectivity index (χ0v) is 13.2. The minimum atomic E-state index is -0.123. The summed E-state index contributed by atoms with van der Waals surface area (Å²) in [5.74, 6) is 1.47. The van der Waals surface area contributed by atoms with Gasteiger partial charge in [0.2, 0.25) is 0 Å². The van der Waals surface area contributed by atoms with E-state index >= 15 is 0 Å². The van der Waals surface area contributed by atoms with Gasteiger partial charge in [0.1, 0.15) is 11.6 Å². The number of fused-ring (bicyclic) bond motifs is 1. The molecule has 0 fully saturated rings. The lowest BCUT2D eigenvalue weighted by atomic mass is 10.2. The fourth-order valence-corrected chi connectivity index (χ4v) is 2.50. The molecule has 0 unspecified atom stereocenters. The van der Waals surface area contributed by atoms with E-state index in [-0.39, 0.29) is 5.91 Å². The molecular formula is C17H19N5O. The highest BCUT2D eigenvalue weighted by Gasteiger charge is 2.13. The first-order chi connectivity index (χ1) is 11.2. The molecule has 0 saturated carbocycles. The molecule has 1 N–H and O–H groups in total. The maximum atomic E-state index is 12.4. The van der Waals surface area contributed by atoms with Crippen LogP contribution in [-0.2, 0) is 6.42 Å². The van der Waals surface area contributed by atoms with Crippen LogP contribution in [0, 0.1) is 0 Å². The van der Waals surface area contributed by atoms with Gasteiger partial charge in [-0.3, -0.25) is 4.79 Å². The molecule has 0 saturated heterocycles. The Kier molecular flexibility index (Phi) is 4.23. The lowest BCUT2D eigenvalue weighted by molar-refractivity contribution is 0.0954. The topological polar surface area (TPSA) is 62.5 Å². The van der Waals surface area contributed by atoms with E-state index in [1.807, 2.05) is 54.0 Å². The minimum Gasteiger partial charge on any atom is -0.362 e. The number of hydrogen-bond donors (Lipinski definition) is 1. The SMILES string of the molecule is CN(C)c1ncccc1C(=O)NCCc1ncc2ccccn12. The molecule has 118 valence electrons. The predicted octanol–water partition coefficient (Wildman–Crippen LogP) is 1.77. The summed E-state index contributed by atoms with van der Waals surface area (Å²) in [7, 11) is 3.74. The van der Waals surface area contributed by atoms with Crippen LogP contribution in [0.2, 0.25) is 0 Å². The van der Waals surface area contributed by atoms with Crippen LogP contribution in [0.5, 0.6) is 0 Å². The Balaban J connectivity index is 1.66. The van der Waals surface area contributed by atoms with Crippen LogP contribution in [-0.4, -0.2) is 40.9 Å². The molecule has 0 aliphatic heterocycles. The Morgan fingerprint density at radius 2 is 2.09 bits per heavy atom. The average Bonchev–Trinajstić information content (AvgIpc) is 2.98. The van der Waals surface area contributed by atoms with Crippen LogP contribution < -0.4 is 10.2 Å². The molecule has 6 nitrogen and oxygen atoms in total. The van der Waals surface area contributed by atoms with Crippen LogP contribution in [0.25, 0.3) is 5.52 Å². The largest absolute Gasteiger partial charge is 0.362 e. The van der Waals surface area contributed by atoms with E-state index in [0.29, 0.717) is 24.3 Å². The number of anilines is 1. The van der Waals surface area contributed by atoms with E-state index < -0.39 is 0 Å². The van der Waals surface area contributed by atoms with Crippen molar-refractivity contribution >= 4 is 17.2 Å². The standard InChI is InChI=1S/C17H19N5O/c1-21(2)16-14(7-5-9-18-16)17(23)19-10-8-15-20-12-13-6-3-4-11-22(13)15/h3-7,9,11-12H,8,10H2,1-2H3,(H,19,23). The third-order valence-corrected chi connectivity index (χ3v) is 3.60. The quantitative estimate of drug-likeness (QED) is 0.780. The Labute approximate surface area is 134 Å². The fourth-order valence-electron chi connectivity index (χ4n) is 2.50. The van der Waals surface area contributed by atoms with Crippen molar-refractivity contribution in [1.82, 2.24) is 19.7 Å². The summed E-state index contributed by atoms with van der Waals surface area (Å²) < 4.78 is 2.03. The van der Waals surface area contributed by atoms with Gasteiger partial charge in [0.25, 0.3) is 5.91 Å². The van der Waals surface area contributed by atoms with Crippen molar-refractivity contribution in [2.45, 2.75) is 6.42 Å². The second kappa shape index (κ2) is 6.48. The maximum Gasteiger partial charge on any atom is 0.255 e. The van der Waals surface area contributed by atoms with Crippen molar-refractivity contribution in [1.29, 1.82) is 0 Å². The number of aromatic nitrogens is 3. The zero-order valence-electron chi connectivity index (χ0n) is 13.2. The molecule has 3 heterocycles. The highest BCUT2D eigenvalue weighted by atomic mass is 16.1. The van der Waals surface area contributed by atoms with E-state index in [2.05, 4.69) is 15.3 Å². The van der Waals surface area contributed by atoms with Crippen molar-refractivity contribution in [3.05, 3.63) is 60.3 Å². The first-order valence-electron chi connectivity index (χ1n) is 7.48. The van der Waals surface area contributed by atoms with Crippen molar-refractivity contribution in [3.8, 4) is 0 Å². The van der Waals surface area contributed by atoms with Gasteiger partial charge in [0, 0.05) is 39.5 Å². The summed E-state index contributed by atoms with van der Waals surface area (Å²) in [5, 5.41) is 2.94. The molecule has 0 spiro atoms. The van der Waals surface area contributed by atoms with Crippen LogP contribution >= 0.6 is 0 Å². The molecule has 0 radical (unpaired) electrons. The van der Waals surface area contributed by atoms with Crippen molar-refractivity contribution in [3.63, 3.8) is 0 Å². The highest BCUT2D eigenvalue weighted by molar-refractivity contribution is 5.98. The van der Waals surface area contributed by atoms with Gasteiger partial charge in [-0.2, -0.15) is 0 Å². The molecule has 3 aromatic heterocycles. The number of carbonyl (C=O) groups excluding carboxylic acids is 1. The van der Waals surface area contributed by atoms with Crippen LogP contribution in [0.3, 0.4) is 0 Å². The van der Waals surface area contributed by atoms with Gasteiger partial charge in [0.05, 0.1) is 17.3 Å². The maximum absolute atomic E-state index is 12.4. The number of nitrogens with one attached hydrogen (secondary N) is 1. The number of hydrogen-bond acceptors (Lipinski definition) is 4. The average molecular weight is 309 g/mol. The van der Waals surface area contributed by atoms with Gasteiger partial charge in [-0.05, 0) is 24.3 Å². The monoisotopic (exact) mass is 309 g/mol. The number of rotatable bonds is 5. The Hall–Kier alpha value is -2.89. The van der Waals surface area contributed by atoms with E-state index in [4.69, 9.17) is 0 Å². The van der Waals surface area contributed by atoms with Gasteiger partial charge in [-0.15, -0.1) is 0 Å². The molecule has 0 aromatic carbocycles. The summed E-state index contributed by atoms with van der Waals surface area (Å²) in [5.41, 5.74) is 1.63. The van der Waals surface area contributed by atoms with Crippen molar-refractivity contribution in [2.75, 3.05) is 25.5 Å². The molecule has 3 rings (SSSR count). The van der Waals surface area contributed by atoms with Crippen LogP contribution in [0.15, 0.2) is 48.9 Å². The van der Waals surface area contributed by atoms with Gasteiger partial charge in [0.15, 0.2) is 0 Å². The first-order valence-corrected chi connectivity index (χ1v) is 7.48. The second-order valence-corrected chi connectivity index (χ2v) is 5.44. The molecule has 0 atom stereocenters. The summed E-state index contributed by atoms with van der Waals surface area (Å²) in [4.78, 5) is 22.8. The van der Waals surface area contributed by atoms with Crippen LogP contribution in [0.1, 0.15) is 16.2 Å². The van der Waals surface area contributed by atoms with E-state index in [1.54, 1.807) is 18.3 Å². The van der Waals surface area contributed by atoms with Crippen molar-refractivity contribution in [2.24, 2.45) is 0 Å². The van der Waals surface area contributed by atoms with Gasteiger partial charge < -0.3 is 14.6 Å². The Bertz CT molecular complexity index is 824. The summed E-state index contributed by atoms with van der Waals surface area (Å²) >= 11 is 0. The third kappa shape index (κ3) is 3.15. The number of nitrogens with zero attached hydrogens (tertiary/aromatic N) is 4. The number of pyridine rings is 2. The van der Waals surface area contributed by atoms with Crippen LogP contribution in [0.4, 0.5) is 5.82 Å². The lowest BCUT2D eigenvalue weighted by Gasteiger charge is -2.15. The Morgan fingerprint density at radius 3 is 2.91 bits per heavy atom. The number of imidazole rings is 1. The van der Waals surface area contributed by atoms with E-state index in [1.165, 1.54) is 0 Å². The van der Waals surface area contributed by atoms with Gasteiger partial charge >= 0.3 is 0 Å². The molecule has 0 bridgehead atoms. The molecule has 0 aliphatic rings. The summed E-state index contributed by atoms with van der Waals surface area (Å²) in [6, 6.07) is 9.50. The minimum absolute atomic E-state index is 0.123. The summed E-state index contributed by atoms with van der Waals surface area (Å²) in [6.07, 6.45) is 6.16. The molecule has 0 aliphatic carbocycles. The summed E-state index contributed by atoms with van der Waals surface area (Å²) in [6.45, 7) is 0.522. The van der Waals surface area contributed by atoms with E-state index in [9.17, 15) is 4.79 Å². The second-order valence-electron chi connectivity index (χ2n) is 5.44. The molecular weight excluding hydrogens is 290 g/mol. The Morgan fingerprint density at radius 1 is 1.22 bits per heavy atom. The zero-order chi connectivity index (χ0) is 16.2. The molecule has 6 heteroatoms. The number of carbonyl (C=O) groups is 1. The smallest absolute Gasteiger partial charge is 0.255 e. The third-order valence-electron chi connectivity index (χ3n) is 3.60. The highest BCUT2D eigenvalue weighted by Crippen LogP contribution is 2.14. The molecule has 1 amide bonds. The first kappa shape index (κ1) is 15.0. The molecule has 3 aromatic rings. The fraction of sp³-hybridized carbons (Fsp3) is 0.235. The van der Waals surface area contributed by atoms with Gasteiger partial charge in [-0.1, -0.05) is 6.07 Å². The van der Waals surface area contributed by atoms with Gasteiger partial charge in [-0.25, -0.2) is 9.97 Å². The number of amides is 1.